The molecule has 1 saturated heterocycles. The third-order valence-corrected chi connectivity index (χ3v) is 6.28. The first kappa shape index (κ1) is 17.9. The lowest BCUT2D eigenvalue weighted by molar-refractivity contribution is -0.157. The molecule has 0 saturated carbocycles. The van der Waals surface area contributed by atoms with Crippen LogP contribution >= 0.6 is 11.6 Å². The van der Waals surface area contributed by atoms with E-state index < -0.39 is 27.6 Å². The van der Waals surface area contributed by atoms with Crippen LogP contribution in [0.5, 0.6) is 0 Å². The Morgan fingerprint density at radius 3 is 2.39 bits per heavy atom. The Kier molecular flexibility index (Phi) is 4.84. The number of amides is 1. The minimum absolute atomic E-state index is 0.0786. The van der Waals surface area contributed by atoms with E-state index >= 15 is 0 Å². The van der Waals surface area contributed by atoms with Crippen LogP contribution in [0.1, 0.15) is 26.7 Å². The Bertz CT molecular complexity index is 731. The number of rotatable bonds is 4. The molecule has 1 aliphatic heterocycles. The molecule has 0 aromatic heterocycles. The maximum Gasteiger partial charge on any atom is 0.268 e. The summed E-state index contributed by atoms with van der Waals surface area (Å²) in [5.74, 6) is -1.13. The molecule has 1 heterocycles. The summed E-state index contributed by atoms with van der Waals surface area (Å²) < 4.78 is 31.6. The largest absolute Gasteiger partial charge is 0.360 e. The number of carbonyl (C=O) groups is 2. The molecule has 1 aromatic rings. The number of Topliss-reactive ketones (excluding diaryl/α,β-unsaturated/α-hetero) is 1. The molecule has 0 radical (unpaired) electrons. The Labute approximate surface area is 140 Å². The molecule has 0 N–H and O–H groups in total. The van der Waals surface area contributed by atoms with Crippen molar-refractivity contribution in [3.63, 3.8) is 0 Å². The lowest BCUT2D eigenvalue weighted by Gasteiger charge is -2.41. The van der Waals surface area contributed by atoms with Crippen molar-refractivity contribution in [1.82, 2.24) is 4.31 Å². The van der Waals surface area contributed by atoms with Crippen molar-refractivity contribution in [2.45, 2.75) is 37.8 Å². The van der Waals surface area contributed by atoms with Gasteiger partial charge in [0, 0.05) is 12.1 Å². The molecule has 1 aliphatic rings. The predicted octanol–water partition coefficient (Wildman–Crippen LogP) is 2.22. The Morgan fingerprint density at radius 1 is 1.35 bits per heavy atom. The molecular weight excluding hydrogens is 342 g/mol. The molecule has 126 valence electrons. The Balaban J connectivity index is 2.53. The van der Waals surface area contributed by atoms with Crippen molar-refractivity contribution in [2.24, 2.45) is 5.41 Å². The van der Waals surface area contributed by atoms with Gasteiger partial charge in [-0.05, 0) is 51.0 Å². The molecule has 2 atom stereocenters. The summed E-state index contributed by atoms with van der Waals surface area (Å²) in [6.07, 6.45) is -0.437. The summed E-state index contributed by atoms with van der Waals surface area (Å²) in [7, 11) is -2.81. The quantitative estimate of drug-likeness (QED) is 0.770. The third-order valence-electron chi connectivity index (χ3n) is 4.24. The molecular formula is C15H18ClNO5S. The summed E-state index contributed by atoms with van der Waals surface area (Å²) >= 11 is 5.77. The van der Waals surface area contributed by atoms with Crippen LogP contribution in [0.15, 0.2) is 29.2 Å². The lowest BCUT2D eigenvalue weighted by atomic mass is 9.78. The summed E-state index contributed by atoms with van der Waals surface area (Å²) in [5, 5.41) is 0.380. The fraction of sp³-hybridized carbons (Fsp3) is 0.467. The monoisotopic (exact) mass is 359 g/mol. The van der Waals surface area contributed by atoms with Gasteiger partial charge >= 0.3 is 0 Å². The number of hydrogen-bond donors (Lipinski definition) is 0. The highest BCUT2D eigenvalue weighted by Crippen LogP contribution is 2.38. The highest BCUT2D eigenvalue weighted by atomic mass is 35.5. The fourth-order valence-corrected chi connectivity index (χ4v) is 4.29. The molecule has 1 amide bonds. The Morgan fingerprint density at radius 2 is 1.91 bits per heavy atom. The fourth-order valence-electron chi connectivity index (χ4n) is 2.53. The van der Waals surface area contributed by atoms with Crippen LogP contribution in [0.4, 0.5) is 0 Å². The van der Waals surface area contributed by atoms with Crippen LogP contribution in [0.3, 0.4) is 0 Å². The first-order chi connectivity index (χ1) is 10.6. The zero-order chi connectivity index (χ0) is 17.4. The van der Waals surface area contributed by atoms with E-state index in [2.05, 4.69) is 0 Å². The number of ether oxygens (including phenoxy) is 1. The second-order valence-electron chi connectivity index (χ2n) is 5.68. The van der Waals surface area contributed by atoms with Crippen LogP contribution in [0.2, 0.25) is 5.02 Å². The van der Waals surface area contributed by atoms with Crippen molar-refractivity contribution < 1.29 is 22.7 Å². The molecule has 8 heteroatoms. The van der Waals surface area contributed by atoms with E-state index in [0.29, 0.717) is 9.33 Å². The first-order valence-corrected chi connectivity index (χ1v) is 8.84. The van der Waals surface area contributed by atoms with Crippen molar-refractivity contribution in [3.8, 4) is 0 Å². The van der Waals surface area contributed by atoms with E-state index in [1.807, 2.05) is 0 Å². The highest BCUT2D eigenvalue weighted by molar-refractivity contribution is 7.89. The Hall–Kier alpha value is -1.44. The molecule has 0 spiro atoms. The normalized spacial score (nSPS) is 25.5. The van der Waals surface area contributed by atoms with Crippen LogP contribution in [-0.4, -0.2) is 37.8 Å². The minimum atomic E-state index is -4.15. The van der Waals surface area contributed by atoms with E-state index in [4.69, 9.17) is 16.3 Å². The lowest BCUT2D eigenvalue weighted by Crippen LogP contribution is -2.57. The molecule has 1 fully saturated rings. The topological polar surface area (TPSA) is 80.8 Å². The number of ketones is 1. The van der Waals surface area contributed by atoms with E-state index in [1.54, 1.807) is 0 Å². The number of benzene rings is 1. The van der Waals surface area contributed by atoms with E-state index in [9.17, 15) is 18.0 Å². The molecule has 0 aliphatic carbocycles. The molecule has 0 unspecified atom stereocenters. The van der Waals surface area contributed by atoms with E-state index in [-0.39, 0.29) is 23.5 Å². The van der Waals surface area contributed by atoms with Gasteiger partial charge in [-0.25, -0.2) is 12.7 Å². The minimum Gasteiger partial charge on any atom is -0.360 e. The van der Waals surface area contributed by atoms with E-state index in [0.717, 1.165) is 0 Å². The zero-order valence-electron chi connectivity index (χ0n) is 13.1. The van der Waals surface area contributed by atoms with Gasteiger partial charge in [0.15, 0.2) is 0 Å². The number of halogens is 1. The number of sulfonamides is 1. The van der Waals surface area contributed by atoms with Gasteiger partial charge < -0.3 is 4.74 Å². The second kappa shape index (κ2) is 6.22. The van der Waals surface area contributed by atoms with E-state index in [1.165, 1.54) is 45.2 Å². The number of nitrogens with zero attached hydrogens (tertiary/aromatic N) is 1. The van der Waals surface area contributed by atoms with Gasteiger partial charge in [-0.2, -0.15) is 0 Å². The zero-order valence-corrected chi connectivity index (χ0v) is 14.6. The first-order valence-electron chi connectivity index (χ1n) is 7.03. The number of carbonyl (C=O) groups excluding carboxylic acids is 2. The van der Waals surface area contributed by atoms with Crippen molar-refractivity contribution in [3.05, 3.63) is 29.3 Å². The van der Waals surface area contributed by atoms with Crippen LogP contribution < -0.4 is 0 Å². The molecule has 6 nitrogen and oxygen atoms in total. The standard InChI is InChI=1S/C15H18ClNO5S/c1-10(18)15(2)9-8-13(22-3)17(14(15)19)23(20,21)12-6-4-11(16)5-7-12/h4-7,13H,8-9H2,1-3H3/t13-,15+/m0/s1. The average molecular weight is 360 g/mol. The number of methoxy groups -OCH3 is 1. The van der Waals surface area contributed by atoms with Gasteiger partial charge in [0.1, 0.15) is 17.4 Å². The van der Waals surface area contributed by atoms with Gasteiger partial charge in [-0.1, -0.05) is 11.6 Å². The van der Waals surface area contributed by atoms with Gasteiger partial charge in [-0.15, -0.1) is 0 Å². The predicted molar refractivity (Wildman–Crippen MR) is 84.3 cm³/mol. The number of hydrogen-bond acceptors (Lipinski definition) is 5. The summed E-state index contributed by atoms with van der Waals surface area (Å²) in [6, 6.07) is 5.48. The second-order valence-corrected chi connectivity index (χ2v) is 7.93. The van der Waals surface area contributed by atoms with Gasteiger partial charge in [0.05, 0.1) is 4.90 Å². The maximum atomic E-state index is 12.9. The van der Waals surface area contributed by atoms with Gasteiger partial charge in [-0.3, -0.25) is 9.59 Å². The van der Waals surface area contributed by atoms with Crippen molar-refractivity contribution in [1.29, 1.82) is 0 Å². The van der Waals surface area contributed by atoms with Crippen LogP contribution in [0, 0.1) is 5.41 Å². The van der Waals surface area contributed by atoms with Gasteiger partial charge in [0.25, 0.3) is 15.9 Å². The average Bonchev–Trinajstić information content (AvgIpc) is 2.49. The molecule has 2 rings (SSSR count). The van der Waals surface area contributed by atoms with Crippen molar-refractivity contribution in [2.75, 3.05) is 7.11 Å². The highest BCUT2D eigenvalue weighted by Gasteiger charge is 2.51. The smallest absolute Gasteiger partial charge is 0.268 e. The van der Waals surface area contributed by atoms with Gasteiger partial charge in [0.2, 0.25) is 0 Å². The SMILES string of the molecule is CO[C@H]1CC[C@](C)(C(C)=O)C(=O)N1S(=O)(=O)c1ccc(Cl)cc1. The maximum absolute atomic E-state index is 12.9. The van der Waals surface area contributed by atoms with Crippen molar-refractivity contribution >= 4 is 33.3 Å². The third kappa shape index (κ3) is 3.00. The summed E-state index contributed by atoms with van der Waals surface area (Å²) in [5.41, 5.74) is -1.37. The molecule has 23 heavy (non-hydrogen) atoms. The number of piperidine rings is 1. The van der Waals surface area contributed by atoms with Crippen LogP contribution in [-0.2, 0) is 24.3 Å². The summed E-state index contributed by atoms with van der Waals surface area (Å²) in [4.78, 5) is 24.6. The molecule has 0 bridgehead atoms. The molecule has 1 aromatic carbocycles. The summed E-state index contributed by atoms with van der Waals surface area (Å²) in [6.45, 7) is 2.76. The van der Waals surface area contributed by atoms with Crippen LogP contribution in [0.25, 0.3) is 0 Å².